The van der Waals surface area contributed by atoms with E-state index < -0.39 is 12.1 Å². The van der Waals surface area contributed by atoms with Gasteiger partial charge in [0, 0.05) is 42.9 Å². The third-order valence-electron chi connectivity index (χ3n) is 8.06. The van der Waals surface area contributed by atoms with Crippen molar-refractivity contribution in [2.75, 3.05) is 6.54 Å². The van der Waals surface area contributed by atoms with E-state index in [1.165, 1.54) is 12.6 Å². The highest BCUT2D eigenvalue weighted by atomic mass is 19.1. The lowest BCUT2D eigenvalue weighted by Gasteiger charge is -2.60. The number of rotatable bonds is 4. The third kappa shape index (κ3) is 2.88. The summed E-state index contributed by atoms with van der Waals surface area (Å²) in [7, 11) is 0. The molecule has 5 nitrogen and oxygen atoms in total. The van der Waals surface area contributed by atoms with E-state index in [1.807, 2.05) is 6.07 Å². The minimum Gasteiger partial charge on any atom is -0.295 e. The fourth-order valence-electron chi connectivity index (χ4n) is 7.10. The third-order valence-corrected chi connectivity index (χ3v) is 8.06. The van der Waals surface area contributed by atoms with Crippen LogP contribution in [0.15, 0.2) is 12.3 Å². The number of carbonyl (C=O) groups excluding carboxylic acids is 1. The van der Waals surface area contributed by atoms with Crippen molar-refractivity contribution in [3.05, 3.63) is 29.1 Å². The maximum absolute atomic E-state index is 15.5. The highest BCUT2D eigenvalue weighted by Crippen LogP contribution is 2.61. The first-order chi connectivity index (χ1) is 13.5. The Kier molecular flexibility index (Phi) is 4.47. The zero-order valence-corrected chi connectivity index (χ0v) is 16.5. The van der Waals surface area contributed by atoms with Gasteiger partial charge >= 0.3 is 0 Å². The van der Waals surface area contributed by atoms with Gasteiger partial charge in [-0.2, -0.15) is 0 Å². The lowest BCUT2D eigenvalue weighted by atomic mass is 9.48. The second-order valence-corrected chi connectivity index (χ2v) is 9.81. The summed E-state index contributed by atoms with van der Waals surface area (Å²) < 4.78 is 15.5. The molecule has 0 spiro atoms. The first kappa shape index (κ1) is 18.5. The zero-order valence-electron chi connectivity index (χ0n) is 16.5. The van der Waals surface area contributed by atoms with E-state index in [0.717, 1.165) is 68.2 Å². The van der Waals surface area contributed by atoms with Gasteiger partial charge < -0.3 is 0 Å². The summed E-state index contributed by atoms with van der Waals surface area (Å²) in [6, 6.07) is 2.21. The molecule has 4 saturated carbocycles. The molecular weight excluding hydrogens is 357 g/mol. The number of hydrogen-bond donors (Lipinski definition) is 2. The molecule has 5 aliphatic rings. The molecule has 3 unspecified atom stereocenters. The molecule has 28 heavy (non-hydrogen) atoms. The fourth-order valence-corrected chi connectivity index (χ4v) is 7.10. The molecule has 1 amide bonds. The second-order valence-electron chi connectivity index (χ2n) is 9.81. The number of nitrogens with one attached hydrogen (secondary N) is 1. The van der Waals surface area contributed by atoms with Gasteiger partial charge in [-0.25, -0.2) is 9.87 Å². The van der Waals surface area contributed by atoms with E-state index in [9.17, 15) is 4.79 Å². The van der Waals surface area contributed by atoms with Crippen LogP contribution in [0.25, 0.3) is 0 Å². The van der Waals surface area contributed by atoms with Crippen molar-refractivity contribution in [1.82, 2.24) is 15.4 Å². The standard InChI is InChI=1S/C22H30FN3O2/c1-2-18-7-19-17(6-16(10-24-19)21(27)25-28)11-26(18)12-22-8-13-3-14(9-22)5-15(4-13)20(22)23/h6,10,13-15,18,20,28H,2-5,7-9,11-12H2,1H3,(H,25,27)/t13?,14?,15?,18-,20?,22?/m1/s1. The Labute approximate surface area is 165 Å². The Morgan fingerprint density at radius 1 is 1.36 bits per heavy atom. The van der Waals surface area contributed by atoms with Gasteiger partial charge in [0.25, 0.3) is 5.91 Å². The number of nitrogens with zero attached hydrogens (tertiary/aromatic N) is 2. The van der Waals surface area contributed by atoms with E-state index in [1.54, 1.807) is 5.48 Å². The molecule has 4 bridgehead atoms. The number of fused-ring (bicyclic) bond motifs is 1. The lowest BCUT2D eigenvalue weighted by Crippen LogP contribution is -2.59. The maximum atomic E-state index is 15.5. The topological polar surface area (TPSA) is 65.5 Å². The van der Waals surface area contributed by atoms with E-state index in [-0.39, 0.29) is 11.3 Å². The van der Waals surface area contributed by atoms with Gasteiger partial charge in [-0.1, -0.05) is 6.92 Å². The van der Waals surface area contributed by atoms with Crippen LogP contribution in [-0.4, -0.2) is 39.8 Å². The van der Waals surface area contributed by atoms with Crippen molar-refractivity contribution in [2.24, 2.45) is 23.2 Å². The maximum Gasteiger partial charge on any atom is 0.276 e. The molecule has 0 saturated heterocycles. The number of alkyl halides is 1. The van der Waals surface area contributed by atoms with Crippen molar-refractivity contribution in [3.8, 4) is 0 Å². The smallest absolute Gasteiger partial charge is 0.276 e. The van der Waals surface area contributed by atoms with Crippen LogP contribution in [0.4, 0.5) is 4.39 Å². The molecule has 2 heterocycles. The van der Waals surface area contributed by atoms with E-state index in [2.05, 4.69) is 16.8 Å². The Morgan fingerprint density at radius 2 is 2.11 bits per heavy atom. The van der Waals surface area contributed by atoms with E-state index in [4.69, 9.17) is 5.21 Å². The fraction of sp³-hybridized carbons (Fsp3) is 0.727. The van der Waals surface area contributed by atoms with Crippen molar-refractivity contribution < 1.29 is 14.4 Å². The van der Waals surface area contributed by atoms with Crippen LogP contribution in [-0.2, 0) is 13.0 Å². The molecule has 6 rings (SSSR count). The van der Waals surface area contributed by atoms with Crippen LogP contribution in [0.1, 0.15) is 67.1 Å². The Balaban J connectivity index is 1.41. The zero-order chi connectivity index (χ0) is 19.5. The van der Waals surface area contributed by atoms with Crippen LogP contribution in [0.5, 0.6) is 0 Å². The SMILES string of the molecule is CC[C@@H]1Cc2ncc(C(=O)NO)cc2CN1CC12CC3CC(CC(C3)C1F)C2. The largest absolute Gasteiger partial charge is 0.295 e. The molecule has 1 aliphatic heterocycles. The van der Waals surface area contributed by atoms with Crippen molar-refractivity contribution in [3.63, 3.8) is 0 Å². The molecule has 152 valence electrons. The van der Waals surface area contributed by atoms with Crippen molar-refractivity contribution in [1.29, 1.82) is 0 Å². The molecule has 1 aromatic heterocycles. The molecule has 0 aromatic carbocycles. The number of halogens is 1. The summed E-state index contributed by atoms with van der Waals surface area (Å²) in [4.78, 5) is 18.7. The van der Waals surface area contributed by atoms with Gasteiger partial charge in [-0.05, 0) is 67.9 Å². The predicted octanol–water partition coefficient (Wildman–Crippen LogP) is 3.50. The van der Waals surface area contributed by atoms with Crippen LogP contribution in [0, 0.1) is 23.2 Å². The Bertz CT molecular complexity index is 771. The molecule has 4 fully saturated rings. The summed E-state index contributed by atoms with van der Waals surface area (Å²) in [5.74, 6) is 1.20. The van der Waals surface area contributed by atoms with Gasteiger partial charge in [0.05, 0.1) is 5.56 Å². The van der Waals surface area contributed by atoms with Gasteiger partial charge in [0.2, 0.25) is 0 Å². The quantitative estimate of drug-likeness (QED) is 0.613. The highest BCUT2D eigenvalue weighted by molar-refractivity contribution is 5.93. The van der Waals surface area contributed by atoms with Crippen LogP contribution >= 0.6 is 0 Å². The van der Waals surface area contributed by atoms with E-state index >= 15 is 4.39 Å². The summed E-state index contributed by atoms with van der Waals surface area (Å²) in [6.45, 7) is 3.73. The highest BCUT2D eigenvalue weighted by Gasteiger charge is 2.58. The number of pyridine rings is 1. The molecule has 4 atom stereocenters. The number of hydroxylamine groups is 1. The Hall–Kier alpha value is -1.53. The van der Waals surface area contributed by atoms with Gasteiger partial charge in [0.1, 0.15) is 6.17 Å². The molecular formula is C22H30FN3O2. The average Bonchev–Trinajstić information content (AvgIpc) is 2.69. The number of hydrogen-bond acceptors (Lipinski definition) is 4. The first-order valence-corrected chi connectivity index (χ1v) is 10.8. The van der Waals surface area contributed by atoms with Crippen molar-refractivity contribution in [2.45, 2.75) is 70.6 Å². The van der Waals surface area contributed by atoms with Crippen molar-refractivity contribution >= 4 is 5.91 Å². The molecule has 4 aliphatic carbocycles. The summed E-state index contributed by atoms with van der Waals surface area (Å²) in [6.07, 6.45) is 8.34. The van der Waals surface area contributed by atoms with Gasteiger partial charge in [0.15, 0.2) is 0 Å². The van der Waals surface area contributed by atoms with Gasteiger partial charge in [-0.3, -0.25) is 19.9 Å². The predicted molar refractivity (Wildman–Crippen MR) is 103 cm³/mol. The monoisotopic (exact) mass is 387 g/mol. The summed E-state index contributed by atoms with van der Waals surface area (Å²) >= 11 is 0. The van der Waals surface area contributed by atoms with Crippen LogP contribution in [0.2, 0.25) is 0 Å². The minimum absolute atomic E-state index is 0.173. The molecule has 1 aromatic rings. The number of amides is 1. The van der Waals surface area contributed by atoms with Gasteiger partial charge in [-0.15, -0.1) is 0 Å². The molecule has 6 heteroatoms. The number of carbonyl (C=O) groups is 1. The second kappa shape index (κ2) is 6.77. The summed E-state index contributed by atoms with van der Waals surface area (Å²) in [5.41, 5.74) is 3.94. The molecule has 2 N–H and O–H groups in total. The van der Waals surface area contributed by atoms with Crippen LogP contribution in [0.3, 0.4) is 0 Å². The summed E-state index contributed by atoms with van der Waals surface area (Å²) in [5, 5.41) is 8.92. The average molecular weight is 387 g/mol. The molecule has 0 radical (unpaired) electrons. The van der Waals surface area contributed by atoms with E-state index in [0.29, 0.717) is 18.2 Å². The normalized spacial score (nSPS) is 39.0. The first-order valence-electron chi connectivity index (χ1n) is 10.8. The Morgan fingerprint density at radius 3 is 2.79 bits per heavy atom. The number of aromatic nitrogens is 1. The van der Waals surface area contributed by atoms with Crippen LogP contribution < -0.4 is 5.48 Å². The lowest BCUT2D eigenvalue weighted by molar-refractivity contribution is -0.137. The minimum atomic E-state index is -0.663.